The van der Waals surface area contributed by atoms with E-state index in [2.05, 4.69) is 66.8 Å². The summed E-state index contributed by atoms with van der Waals surface area (Å²) in [6.07, 6.45) is 0. The van der Waals surface area contributed by atoms with Crippen LogP contribution in [0.3, 0.4) is 0 Å². The van der Waals surface area contributed by atoms with Crippen molar-refractivity contribution in [3.8, 4) is 11.6 Å². The molecular weight excluding hydrogens is 302 g/mol. The molecule has 2 nitrogen and oxygen atoms in total. The predicted octanol–water partition coefficient (Wildman–Crippen LogP) is 5.24. The van der Waals surface area contributed by atoms with Gasteiger partial charge in [-0.1, -0.05) is 39.0 Å². The van der Waals surface area contributed by atoms with Crippen molar-refractivity contribution >= 4 is 15.9 Å². The van der Waals surface area contributed by atoms with Crippen molar-refractivity contribution in [2.24, 2.45) is 0 Å². The summed E-state index contributed by atoms with van der Waals surface area (Å²) >= 11 is 3.36. The highest BCUT2D eigenvalue weighted by atomic mass is 79.9. The van der Waals surface area contributed by atoms with E-state index in [1.54, 1.807) is 0 Å². The van der Waals surface area contributed by atoms with Crippen molar-refractivity contribution < 1.29 is 4.74 Å². The van der Waals surface area contributed by atoms with Gasteiger partial charge in [-0.3, -0.25) is 0 Å². The first-order valence-electron chi connectivity index (χ1n) is 6.28. The van der Waals surface area contributed by atoms with Gasteiger partial charge in [-0.25, -0.2) is 4.98 Å². The van der Waals surface area contributed by atoms with E-state index in [0.717, 1.165) is 10.4 Å². The van der Waals surface area contributed by atoms with Crippen LogP contribution in [0.1, 0.15) is 31.9 Å². The normalized spacial score (nSPS) is 11.4. The minimum Gasteiger partial charge on any atom is -0.439 e. The zero-order chi connectivity index (χ0) is 14.0. The summed E-state index contributed by atoms with van der Waals surface area (Å²) in [4.78, 5) is 4.32. The molecule has 0 bridgehead atoms. The van der Waals surface area contributed by atoms with Gasteiger partial charge in [0, 0.05) is 11.6 Å². The summed E-state index contributed by atoms with van der Waals surface area (Å²) < 4.78 is 6.73. The summed E-state index contributed by atoms with van der Waals surface area (Å²) in [6, 6.07) is 12.0. The lowest BCUT2D eigenvalue weighted by molar-refractivity contribution is 0.438. The molecule has 0 N–H and O–H groups in total. The van der Waals surface area contributed by atoms with Crippen LogP contribution in [0.4, 0.5) is 0 Å². The Balaban J connectivity index is 2.41. The van der Waals surface area contributed by atoms with Crippen molar-refractivity contribution in [3.63, 3.8) is 0 Å². The second-order valence-corrected chi connectivity index (χ2v) is 6.46. The van der Waals surface area contributed by atoms with Gasteiger partial charge in [0.1, 0.15) is 10.4 Å². The van der Waals surface area contributed by atoms with Crippen molar-refractivity contribution in [1.29, 1.82) is 0 Å². The molecule has 100 valence electrons. The second-order valence-electron chi connectivity index (χ2n) is 5.65. The lowest BCUT2D eigenvalue weighted by Gasteiger charge is -2.22. The number of rotatable bonds is 2. The van der Waals surface area contributed by atoms with Crippen molar-refractivity contribution in [1.82, 2.24) is 4.98 Å². The fourth-order valence-electron chi connectivity index (χ4n) is 1.89. The first-order chi connectivity index (χ1) is 8.86. The smallest absolute Gasteiger partial charge is 0.220 e. The highest BCUT2D eigenvalue weighted by Crippen LogP contribution is 2.34. The van der Waals surface area contributed by atoms with Crippen molar-refractivity contribution in [2.75, 3.05) is 0 Å². The number of halogens is 1. The van der Waals surface area contributed by atoms with Gasteiger partial charge >= 0.3 is 0 Å². The van der Waals surface area contributed by atoms with Crippen LogP contribution in [0.25, 0.3) is 0 Å². The lowest BCUT2D eigenvalue weighted by Crippen LogP contribution is -2.12. The maximum absolute atomic E-state index is 5.96. The van der Waals surface area contributed by atoms with Crippen molar-refractivity contribution in [3.05, 3.63) is 52.1 Å². The quantitative estimate of drug-likeness (QED) is 0.706. The highest BCUT2D eigenvalue weighted by Gasteiger charge is 2.19. The Morgan fingerprint density at radius 2 is 1.84 bits per heavy atom. The van der Waals surface area contributed by atoms with Crippen LogP contribution < -0.4 is 4.74 Å². The molecule has 1 heterocycles. The van der Waals surface area contributed by atoms with Gasteiger partial charge < -0.3 is 4.74 Å². The zero-order valence-corrected chi connectivity index (χ0v) is 13.3. The molecule has 0 aliphatic rings. The van der Waals surface area contributed by atoms with Crippen LogP contribution in [-0.4, -0.2) is 4.98 Å². The van der Waals surface area contributed by atoms with Gasteiger partial charge in [-0.15, -0.1) is 0 Å². The molecule has 0 spiro atoms. The molecule has 0 fully saturated rings. The van der Waals surface area contributed by atoms with E-state index in [1.165, 1.54) is 11.1 Å². The molecule has 3 heteroatoms. The summed E-state index contributed by atoms with van der Waals surface area (Å²) in [5.41, 5.74) is 2.40. The molecule has 0 atom stereocenters. The Morgan fingerprint density at radius 3 is 2.47 bits per heavy atom. The Morgan fingerprint density at radius 1 is 1.11 bits per heavy atom. The SMILES string of the molecule is Cc1ccc(C(C)(C)C)c(Oc2cccc(Br)n2)c1. The van der Waals surface area contributed by atoms with E-state index in [1.807, 2.05) is 18.2 Å². The second kappa shape index (κ2) is 5.33. The van der Waals surface area contributed by atoms with Crippen LogP contribution in [0, 0.1) is 6.92 Å². The van der Waals surface area contributed by atoms with E-state index in [4.69, 9.17) is 4.74 Å². The van der Waals surface area contributed by atoms with Gasteiger partial charge in [-0.05, 0) is 46.0 Å². The molecule has 0 unspecified atom stereocenters. The van der Waals surface area contributed by atoms with Gasteiger partial charge in [0.2, 0.25) is 5.88 Å². The lowest BCUT2D eigenvalue weighted by atomic mass is 9.86. The molecule has 2 rings (SSSR count). The average Bonchev–Trinajstić information content (AvgIpc) is 2.27. The van der Waals surface area contributed by atoms with E-state index in [-0.39, 0.29) is 5.41 Å². The largest absolute Gasteiger partial charge is 0.439 e. The Hall–Kier alpha value is -1.35. The molecule has 1 aromatic heterocycles. The maximum Gasteiger partial charge on any atom is 0.220 e. The predicted molar refractivity (Wildman–Crippen MR) is 81.9 cm³/mol. The van der Waals surface area contributed by atoms with Crippen LogP contribution in [-0.2, 0) is 5.41 Å². The van der Waals surface area contributed by atoms with Crippen LogP contribution in [0.5, 0.6) is 11.6 Å². The number of aromatic nitrogens is 1. The average molecular weight is 320 g/mol. The number of hydrogen-bond acceptors (Lipinski definition) is 2. The van der Waals surface area contributed by atoms with Crippen LogP contribution in [0.2, 0.25) is 0 Å². The first kappa shape index (κ1) is 14.1. The fourth-order valence-corrected chi connectivity index (χ4v) is 2.22. The topological polar surface area (TPSA) is 22.1 Å². The van der Waals surface area contributed by atoms with Gasteiger partial charge in [0.25, 0.3) is 0 Å². The number of aryl methyl sites for hydroxylation is 1. The molecular formula is C16H18BrNO. The van der Waals surface area contributed by atoms with Gasteiger partial charge in [0.05, 0.1) is 0 Å². The molecule has 19 heavy (non-hydrogen) atoms. The fraction of sp³-hybridized carbons (Fsp3) is 0.312. The highest BCUT2D eigenvalue weighted by molar-refractivity contribution is 9.10. The number of nitrogens with zero attached hydrogens (tertiary/aromatic N) is 1. The molecule has 0 aliphatic carbocycles. The third kappa shape index (κ3) is 3.57. The van der Waals surface area contributed by atoms with Gasteiger partial charge in [-0.2, -0.15) is 0 Å². The van der Waals surface area contributed by atoms with E-state index >= 15 is 0 Å². The molecule has 0 aliphatic heterocycles. The van der Waals surface area contributed by atoms with Crippen LogP contribution >= 0.6 is 15.9 Å². The molecule has 0 amide bonds. The Labute approximate surface area is 123 Å². The molecule has 2 aromatic rings. The molecule has 1 aromatic carbocycles. The van der Waals surface area contributed by atoms with E-state index < -0.39 is 0 Å². The third-order valence-corrected chi connectivity index (χ3v) is 3.29. The molecule has 0 saturated carbocycles. The number of pyridine rings is 1. The first-order valence-corrected chi connectivity index (χ1v) is 7.07. The van der Waals surface area contributed by atoms with Crippen molar-refractivity contribution in [2.45, 2.75) is 33.1 Å². The van der Waals surface area contributed by atoms with E-state index in [0.29, 0.717) is 5.88 Å². The third-order valence-electron chi connectivity index (χ3n) is 2.85. The summed E-state index contributed by atoms with van der Waals surface area (Å²) in [5.74, 6) is 1.48. The van der Waals surface area contributed by atoms with Gasteiger partial charge in [0.15, 0.2) is 0 Å². The maximum atomic E-state index is 5.96. The zero-order valence-electron chi connectivity index (χ0n) is 11.7. The molecule has 0 saturated heterocycles. The monoisotopic (exact) mass is 319 g/mol. The Kier molecular flexibility index (Phi) is 3.95. The summed E-state index contributed by atoms with van der Waals surface area (Å²) in [5, 5.41) is 0. The van der Waals surface area contributed by atoms with E-state index in [9.17, 15) is 0 Å². The summed E-state index contributed by atoms with van der Waals surface area (Å²) in [6.45, 7) is 8.60. The Bertz CT molecular complexity index is 588. The number of benzene rings is 1. The minimum absolute atomic E-state index is 0.0368. The van der Waals surface area contributed by atoms with Crippen LogP contribution in [0.15, 0.2) is 41.0 Å². The number of ether oxygens (including phenoxy) is 1. The molecule has 0 radical (unpaired) electrons. The number of hydrogen-bond donors (Lipinski definition) is 0. The minimum atomic E-state index is 0.0368. The summed E-state index contributed by atoms with van der Waals surface area (Å²) in [7, 11) is 0. The standard InChI is InChI=1S/C16H18BrNO/c1-11-8-9-12(16(2,3)4)13(10-11)19-15-7-5-6-14(17)18-15/h5-10H,1-4H3.